The van der Waals surface area contributed by atoms with Gasteiger partial charge in [-0.2, -0.15) is 0 Å². The maximum absolute atomic E-state index is 5.11. The second-order valence-corrected chi connectivity index (χ2v) is 4.65. The van der Waals surface area contributed by atoms with Crippen LogP contribution >= 0.6 is 0 Å². The van der Waals surface area contributed by atoms with Gasteiger partial charge in [0.2, 0.25) is 0 Å². The molecule has 0 aromatic rings. The summed E-state index contributed by atoms with van der Waals surface area (Å²) in [6.07, 6.45) is 4.00. The van der Waals surface area contributed by atoms with Crippen molar-refractivity contribution in [2.24, 2.45) is 5.41 Å². The van der Waals surface area contributed by atoms with Crippen molar-refractivity contribution in [2.75, 3.05) is 47.1 Å². The Bertz CT molecular complexity index is 152. The molecule has 0 saturated carbocycles. The summed E-state index contributed by atoms with van der Waals surface area (Å²) in [5.74, 6) is 0. The third-order valence-electron chi connectivity index (χ3n) is 2.42. The average Bonchev–Trinajstić information content (AvgIpc) is 2.21. The SMILES string of the molecule is [CH2][CH][CH]C(C)(C)CN(CCOC)CCOC. The molecule has 16 heavy (non-hydrogen) atoms. The molecule has 0 spiro atoms. The lowest BCUT2D eigenvalue weighted by atomic mass is 9.87. The molecule has 0 bridgehead atoms. The van der Waals surface area contributed by atoms with E-state index in [1.54, 1.807) is 14.2 Å². The van der Waals surface area contributed by atoms with E-state index in [0.29, 0.717) is 0 Å². The fraction of sp³-hybridized carbons (Fsp3) is 0.769. The van der Waals surface area contributed by atoms with Gasteiger partial charge in [0, 0.05) is 33.9 Å². The zero-order valence-corrected chi connectivity index (χ0v) is 11.2. The highest BCUT2D eigenvalue weighted by atomic mass is 16.5. The van der Waals surface area contributed by atoms with Crippen molar-refractivity contribution in [3.63, 3.8) is 0 Å². The lowest BCUT2D eigenvalue weighted by molar-refractivity contribution is 0.0957. The van der Waals surface area contributed by atoms with Gasteiger partial charge in [-0.3, -0.25) is 4.90 Å². The van der Waals surface area contributed by atoms with E-state index in [2.05, 4.69) is 32.1 Å². The van der Waals surface area contributed by atoms with Gasteiger partial charge in [-0.1, -0.05) is 13.8 Å². The molecule has 0 unspecified atom stereocenters. The number of ether oxygens (including phenoxy) is 2. The molecular weight excluding hydrogens is 202 g/mol. The first-order valence-electron chi connectivity index (χ1n) is 5.73. The van der Waals surface area contributed by atoms with Gasteiger partial charge in [0.1, 0.15) is 0 Å². The summed E-state index contributed by atoms with van der Waals surface area (Å²) in [7, 11) is 3.46. The van der Waals surface area contributed by atoms with Crippen LogP contribution in [0.5, 0.6) is 0 Å². The van der Waals surface area contributed by atoms with E-state index in [-0.39, 0.29) is 5.41 Å². The smallest absolute Gasteiger partial charge is 0.0589 e. The van der Waals surface area contributed by atoms with E-state index in [1.165, 1.54) is 0 Å². The molecule has 0 aromatic heterocycles. The van der Waals surface area contributed by atoms with Gasteiger partial charge in [0.15, 0.2) is 0 Å². The first-order valence-corrected chi connectivity index (χ1v) is 5.73. The Morgan fingerprint density at radius 1 is 1.12 bits per heavy atom. The molecule has 0 aliphatic carbocycles. The van der Waals surface area contributed by atoms with Gasteiger partial charge in [-0.05, 0) is 25.2 Å². The topological polar surface area (TPSA) is 21.7 Å². The average molecular weight is 228 g/mol. The highest BCUT2D eigenvalue weighted by molar-refractivity contribution is 4.98. The van der Waals surface area contributed by atoms with Crippen LogP contribution in [0.15, 0.2) is 0 Å². The minimum absolute atomic E-state index is 0.142. The van der Waals surface area contributed by atoms with Crippen molar-refractivity contribution >= 4 is 0 Å². The van der Waals surface area contributed by atoms with E-state index in [1.807, 2.05) is 6.42 Å². The zero-order valence-electron chi connectivity index (χ0n) is 11.2. The Morgan fingerprint density at radius 3 is 2.00 bits per heavy atom. The van der Waals surface area contributed by atoms with Crippen LogP contribution < -0.4 is 0 Å². The minimum atomic E-state index is 0.142. The molecule has 0 heterocycles. The molecule has 3 nitrogen and oxygen atoms in total. The van der Waals surface area contributed by atoms with Crippen molar-refractivity contribution in [1.82, 2.24) is 4.90 Å². The van der Waals surface area contributed by atoms with Crippen LogP contribution in [0.3, 0.4) is 0 Å². The van der Waals surface area contributed by atoms with Crippen LogP contribution in [0.25, 0.3) is 0 Å². The fourth-order valence-electron chi connectivity index (χ4n) is 1.66. The molecule has 0 N–H and O–H groups in total. The summed E-state index contributed by atoms with van der Waals surface area (Å²) in [5.41, 5.74) is 0.142. The van der Waals surface area contributed by atoms with Gasteiger partial charge in [0.25, 0.3) is 0 Å². The van der Waals surface area contributed by atoms with Crippen LogP contribution in [-0.4, -0.2) is 52.0 Å². The maximum atomic E-state index is 5.11. The van der Waals surface area contributed by atoms with Crippen LogP contribution in [0.4, 0.5) is 0 Å². The van der Waals surface area contributed by atoms with Gasteiger partial charge >= 0.3 is 0 Å². The van der Waals surface area contributed by atoms with Crippen LogP contribution in [0.1, 0.15) is 13.8 Å². The Morgan fingerprint density at radius 2 is 1.62 bits per heavy atom. The highest BCUT2D eigenvalue weighted by Gasteiger charge is 2.20. The number of methoxy groups -OCH3 is 2. The minimum Gasteiger partial charge on any atom is -0.383 e. The highest BCUT2D eigenvalue weighted by Crippen LogP contribution is 2.21. The van der Waals surface area contributed by atoms with Crippen molar-refractivity contribution in [3.05, 3.63) is 19.8 Å². The van der Waals surface area contributed by atoms with Gasteiger partial charge in [-0.25, -0.2) is 0 Å². The predicted molar refractivity (Wildman–Crippen MR) is 67.9 cm³/mol. The molecule has 0 amide bonds. The van der Waals surface area contributed by atoms with Gasteiger partial charge in [0.05, 0.1) is 13.2 Å². The summed E-state index contributed by atoms with van der Waals surface area (Å²) in [6.45, 7) is 12.6. The van der Waals surface area contributed by atoms with E-state index in [0.717, 1.165) is 32.8 Å². The molecule has 0 aromatic carbocycles. The van der Waals surface area contributed by atoms with Crippen molar-refractivity contribution in [3.8, 4) is 0 Å². The summed E-state index contributed by atoms with van der Waals surface area (Å²) in [5, 5.41) is 0. The first kappa shape index (κ1) is 15.9. The monoisotopic (exact) mass is 228 g/mol. The third kappa shape index (κ3) is 8.08. The number of hydrogen-bond donors (Lipinski definition) is 0. The summed E-state index contributed by atoms with van der Waals surface area (Å²) in [4.78, 5) is 2.35. The molecule has 0 aliphatic heterocycles. The standard InChI is InChI=1S/C13H26NO2/c1-6-7-13(2,3)12-14(8-10-15-4)9-11-16-5/h6-7H,1,8-12H2,2-5H3. The first-order chi connectivity index (χ1) is 7.55. The molecule has 3 radical (unpaired) electrons. The van der Waals surface area contributed by atoms with E-state index in [9.17, 15) is 0 Å². The summed E-state index contributed by atoms with van der Waals surface area (Å²) < 4.78 is 10.2. The van der Waals surface area contributed by atoms with Crippen LogP contribution in [-0.2, 0) is 9.47 Å². The Balaban J connectivity index is 4.06. The van der Waals surface area contributed by atoms with Crippen LogP contribution in [0.2, 0.25) is 0 Å². The Hall–Kier alpha value is -0.120. The molecule has 0 saturated heterocycles. The number of hydrogen-bond acceptors (Lipinski definition) is 3. The van der Waals surface area contributed by atoms with Crippen molar-refractivity contribution in [1.29, 1.82) is 0 Å². The number of rotatable bonds is 10. The normalized spacial score (nSPS) is 12.4. The quantitative estimate of drug-likeness (QED) is 0.569. The second kappa shape index (κ2) is 8.97. The van der Waals surface area contributed by atoms with E-state index < -0.39 is 0 Å². The molecule has 0 atom stereocenters. The Kier molecular flexibility index (Phi) is 8.90. The molecular formula is C13H26NO2. The lowest BCUT2D eigenvalue weighted by Crippen LogP contribution is -2.38. The molecule has 0 fully saturated rings. The maximum Gasteiger partial charge on any atom is 0.0589 e. The zero-order chi connectivity index (χ0) is 12.4. The largest absolute Gasteiger partial charge is 0.383 e. The fourth-order valence-corrected chi connectivity index (χ4v) is 1.66. The summed E-state index contributed by atoms with van der Waals surface area (Å²) >= 11 is 0. The van der Waals surface area contributed by atoms with Crippen molar-refractivity contribution in [2.45, 2.75) is 13.8 Å². The van der Waals surface area contributed by atoms with Crippen LogP contribution in [0, 0.1) is 25.2 Å². The van der Waals surface area contributed by atoms with E-state index in [4.69, 9.17) is 9.47 Å². The lowest BCUT2D eigenvalue weighted by Gasteiger charge is -2.32. The van der Waals surface area contributed by atoms with E-state index >= 15 is 0 Å². The predicted octanol–water partition coefficient (Wildman–Crippen LogP) is 1.85. The third-order valence-corrected chi connectivity index (χ3v) is 2.42. The molecule has 3 heteroatoms. The Labute approximate surface area is 101 Å². The molecule has 0 rings (SSSR count). The second-order valence-electron chi connectivity index (χ2n) is 4.65. The van der Waals surface area contributed by atoms with Gasteiger partial charge in [-0.15, -0.1) is 0 Å². The number of nitrogens with zero attached hydrogens (tertiary/aromatic N) is 1. The molecule has 95 valence electrons. The van der Waals surface area contributed by atoms with Crippen molar-refractivity contribution < 1.29 is 9.47 Å². The summed E-state index contributed by atoms with van der Waals surface area (Å²) in [6, 6.07) is 0. The van der Waals surface area contributed by atoms with Gasteiger partial charge < -0.3 is 9.47 Å². The molecule has 0 aliphatic rings.